The molecule has 6 nitrogen and oxygen atoms in total. The Balaban J connectivity index is 2.89. The Hall–Kier alpha value is -2.63. The third-order valence-electron chi connectivity index (χ3n) is 5.14. The number of rotatable bonds is 8. The van der Waals surface area contributed by atoms with Gasteiger partial charge in [0.25, 0.3) is 0 Å². The molecule has 0 spiro atoms. The molecule has 1 rings (SSSR count). The quantitative estimate of drug-likeness (QED) is 0.382. The first-order valence-electron chi connectivity index (χ1n) is 9.57. The summed E-state index contributed by atoms with van der Waals surface area (Å²) < 4.78 is 5.52. The summed E-state index contributed by atoms with van der Waals surface area (Å²) in [6.45, 7) is 11.4. The molecule has 0 aliphatic heterocycles. The van der Waals surface area contributed by atoms with Crippen molar-refractivity contribution in [2.45, 2.75) is 59.4 Å². The van der Waals surface area contributed by atoms with Gasteiger partial charge in [-0.05, 0) is 63.3 Å². The number of carbonyl (C=O) groups is 2. The number of carbonyl (C=O) groups excluding carboxylic acids is 2. The second kappa shape index (κ2) is 11.3. The Morgan fingerprint density at radius 1 is 1.21 bits per heavy atom. The maximum absolute atomic E-state index is 12.4. The van der Waals surface area contributed by atoms with E-state index in [4.69, 9.17) is 10.5 Å². The van der Waals surface area contributed by atoms with Gasteiger partial charge in [-0.2, -0.15) is 0 Å². The predicted octanol–water partition coefficient (Wildman–Crippen LogP) is 4.30. The van der Waals surface area contributed by atoms with Crippen molar-refractivity contribution in [1.82, 2.24) is 4.90 Å². The third-order valence-corrected chi connectivity index (χ3v) is 5.14. The molecule has 2 N–H and O–H groups in total. The number of ether oxygens (including phenoxy) is 1. The van der Waals surface area contributed by atoms with E-state index in [0.29, 0.717) is 23.4 Å². The maximum Gasteiger partial charge on any atom is 0.410 e. The molecule has 0 aromatic heterocycles. The van der Waals surface area contributed by atoms with Crippen LogP contribution in [-0.4, -0.2) is 42.8 Å². The highest BCUT2D eigenvalue weighted by atomic mass is 16.6. The Morgan fingerprint density at radius 3 is 2.32 bits per heavy atom. The molecule has 28 heavy (non-hydrogen) atoms. The first-order valence-corrected chi connectivity index (χ1v) is 9.57. The van der Waals surface area contributed by atoms with Crippen LogP contribution >= 0.6 is 0 Å². The van der Waals surface area contributed by atoms with E-state index in [1.807, 2.05) is 19.9 Å². The highest BCUT2D eigenvalue weighted by Gasteiger charge is 2.24. The molecule has 0 unspecified atom stereocenters. The van der Waals surface area contributed by atoms with Crippen LogP contribution in [0.5, 0.6) is 0 Å². The fraction of sp³-hybridized carbons (Fsp3) is 0.500. The molecule has 1 saturated carbocycles. The van der Waals surface area contributed by atoms with E-state index in [0.717, 1.165) is 42.4 Å². The average molecular weight is 388 g/mol. The zero-order valence-electron chi connectivity index (χ0n) is 17.7. The van der Waals surface area contributed by atoms with Crippen LogP contribution < -0.4 is 5.73 Å². The number of aliphatic imine (C=N–C) groups is 1. The molecule has 0 heterocycles. The normalized spacial score (nSPS) is 17.2. The van der Waals surface area contributed by atoms with Crippen molar-refractivity contribution in [3.63, 3.8) is 0 Å². The molecule has 154 valence electrons. The largest absolute Gasteiger partial charge is 0.444 e. The van der Waals surface area contributed by atoms with Gasteiger partial charge in [-0.25, -0.2) is 9.79 Å². The molecule has 1 aliphatic carbocycles. The lowest BCUT2D eigenvalue weighted by Gasteiger charge is -2.24. The van der Waals surface area contributed by atoms with Crippen LogP contribution in [0.25, 0.3) is 0 Å². The van der Waals surface area contributed by atoms with Gasteiger partial charge in [-0.15, -0.1) is 0 Å². The lowest BCUT2D eigenvalue weighted by molar-refractivity contribution is -0.106. The van der Waals surface area contributed by atoms with E-state index in [1.54, 1.807) is 31.9 Å². The molecule has 0 aromatic rings. The van der Waals surface area contributed by atoms with Crippen molar-refractivity contribution in [2.24, 2.45) is 10.7 Å². The van der Waals surface area contributed by atoms with Crippen molar-refractivity contribution >= 4 is 18.2 Å². The smallest absolute Gasteiger partial charge is 0.410 e. The molecular formula is C22H33N3O3. The van der Waals surface area contributed by atoms with Gasteiger partial charge in [-0.1, -0.05) is 25.5 Å². The molecular weight excluding hydrogens is 354 g/mol. The fourth-order valence-corrected chi connectivity index (χ4v) is 3.11. The van der Waals surface area contributed by atoms with Crippen LogP contribution in [0.3, 0.4) is 0 Å². The minimum Gasteiger partial charge on any atom is -0.444 e. The van der Waals surface area contributed by atoms with Crippen molar-refractivity contribution in [3.05, 3.63) is 46.7 Å². The van der Waals surface area contributed by atoms with E-state index < -0.39 is 0 Å². The first kappa shape index (κ1) is 23.4. The number of nitrogens with two attached hydrogens (primary N) is 1. The second-order valence-electron chi connectivity index (χ2n) is 7.31. The number of hydrogen-bond donors (Lipinski definition) is 1. The zero-order valence-corrected chi connectivity index (χ0v) is 17.7. The molecule has 0 radical (unpaired) electrons. The first-order chi connectivity index (χ1) is 13.2. The van der Waals surface area contributed by atoms with E-state index in [2.05, 4.69) is 11.6 Å². The Bertz CT molecular complexity index is 719. The topological polar surface area (TPSA) is 85.0 Å². The van der Waals surface area contributed by atoms with Gasteiger partial charge < -0.3 is 15.4 Å². The predicted molar refractivity (Wildman–Crippen MR) is 114 cm³/mol. The van der Waals surface area contributed by atoms with E-state index in [-0.39, 0.29) is 18.7 Å². The van der Waals surface area contributed by atoms with Crippen molar-refractivity contribution in [2.75, 3.05) is 13.7 Å². The molecule has 0 bridgehead atoms. The van der Waals surface area contributed by atoms with Gasteiger partial charge in [0.05, 0.1) is 5.71 Å². The second-order valence-corrected chi connectivity index (χ2v) is 7.31. The van der Waals surface area contributed by atoms with E-state index in [9.17, 15) is 9.59 Å². The molecule has 1 fully saturated rings. The van der Waals surface area contributed by atoms with Gasteiger partial charge in [0.2, 0.25) is 6.41 Å². The number of hydrogen-bond acceptors (Lipinski definition) is 4. The van der Waals surface area contributed by atoms with Gasteiger partial charge in [0.1, 0.15) is 6.61 Å². The lowest BCUT2D eigenvalue weighted by Crippen LogP contribution is -2.36. The van der Waals surface area contributed by atoms with Crippen LogP contribution in [0, 0.1) is 0 Å². The summed E-state index contributed by atoms with van der Waals surface area (Å²) >= 11 is 0. The van der Waals surface area contributed by atoms with E-state index in [1.165, 1.54) is 0 Å². The van der Waals surface area contributed by atoms with Gasteiger partial charge in [0, 0.05) is 24.4 Å². The van der Waals surface area contributed by atoms with Crippen LogP contribution in [0.2, 0.25) is 0 Å². The highest BCUT2D eigenvalue weighted by Crippen LogP contribution is 2.23. The summed E-state index contributed by atoms with van der Waals surface area (Å²) in [6, 6.07) is 0.262. The Morgan fingerprint density at radius 2 is 1.82 bits per heavy atom. The molecule has 1 aliphatic rings. The van der Waals surface area contributed by atoms with Crippen LogP contribution in [0.15, 0.2) is 51.7 Å². The monoisotopic (exact) mass is 387 g/mol. The summed E-state index contributed by atoms with van der Waals surface area (Å²) in [5.74, 6) is 0. The lowest BCUT2D eigenvalue weighted by atomic mass is 10.0. The maximum atomic E-state index is 12.4. The Kier molecular flexibility index (Phi) is 9.42. The van der Waals surface area contributed by atoms with Gasteiger partial charge >= 0.3 is 6.09 Å². The van der Waals surface area contributed by atoms with Crippen molar-refractivity contribution in [1.29, 1.82) is 0 Å². The average Bonchev–Trinajstić information content (AvgIpc) is 3.18. The summed E-state index contributed by atoms with van der Waals surface area (Å²) in [7, 11) is 1.79. The zero-order chi connectivity index (χ0) is 21.3. The minimum absolute atomic E-state index is 0.116. The van der Waals surface area contributed by atoms with Crippen LogP contribution in [0.1, 0.15) is 53.4 Å². The fourth-order valence-electron chi connectivity index (χ4n) is 3.11. The van der Waals surface area contributed by atoms with Crippen molar-refractivity contribution < 1.29 is 14.3 Å². The molecule has 2 amide bonds. The number of amides is 2. The van der Waals surface area contributed by atoms with Gasteiger partial charge in [0.15, 0.2) is 0 Å². The summed E-state index contributed by atoms with van der Waals surface area (Å²) in [5, 5.41) is 0. The van der Waals surface area contributed by atoms with Crippen LogP contribution in [-0.2, 0) is 9.53 Å². The summed E-state index contributed by atoms with van der Waals surface area (Å²) in [5.41, 5.74) is 10.5. The highest BCUT2D eigenvalue weighted by molar-refractivity contribution is 6.10. The SMILES string of the molecule is C=C(C)C(\C=C/C(C)=C(C)\C(COC(=O)N(C)C1CCCC1)=C(\C)N)=NC=O. The van der Waals surface area contributed by atoms with Crippen LogP contribution in [0.4, 0.5) is 4.79 Å². The summed E-state index contributed by atoms with van der Waals surface area (Å²) in [6.07, 6.45) is 8.12. The third kappa shape index (κ3) is 6.83. The molecule has 0 atom stereocenters. The van der Waals surface area contributed by atoms with Gasteiger partial charge in [-0.3, -0.25) is 4.79 Å². The van der Waals surface area contributed by atoms with Crippen molar-refractivity contribution in [3.8, 4) is 0 Å². The standard InChI is InChI=1S/C22H33N3O3/c1-15(2)21(24-14-26)12-11-16(3)17(4)20(18(5)23)13-28-22(27)25(6)19-9-7-8-10-19/h11-12,14,19H,1,7-10,13,23H2,2-6H3/b12-11-,17-16-,20-18-,24-21?. The molecule has 0 saturated heterocycles. The number of nitrogens with zero attached hydrogens (tertiary/aromatic N) is 2. The summed E-state index contributed by atoms with van der Waals surface area (Å²) in [4.78, 5) is 28.5. The van der Waals surface area contributed by atoms with E-state index >= 15 is 0 Å². The Labute approximate surface area is 168 Å². The minimum atomic E-state index is -0.325. The molecule has 0 aromatic carbocycles. The molecule has 6 heteroatoms. The number of allylic oxidation sites excluding steroid dienone is 5.